The Kier molecular flexibility index (Phi) is 6.68. The molecule has 0 radical (unpaired) electrons. The minimum Gasteiger partial charge on any atom is -0.493 e. The molecule has 5 nitrogen and oxygen atoms in total. The van der Waals surface area contributed by atoms with E-state index in [1.54, 1.807) is 13.3 Å². The van der Waals surface area contributed by atoms with Crippen LogP contribution < -0.4 is 16.0 Å². The van der Waals surface area contributed by atoms with Gasteiger partial charge in [0.05, 0.1) is 25.0 Å². The van der Waals surface area contributed by atoms with Crippen molar-refractivity contribution in [1.29, 1.82) is 0 Å². The van der Waals surface area contributed by atoms with Gasteiger partial charge in [-0.2, -0.15) is 16.9 Å². The van der Waals surface area contributed by atoms with Gasteiger partial charge in [-0.1, -0.05) is 13.8 Å². The van der Waals surface area contributed by atoms with Crippen LogP contribution in [0.2, 0.25) is 0 Å². The Morgan fingerprint density at radius 1 is 1.37 bits per heavy atom. The van der Waals surface area contributed by atoms with Crippen molar-refractivity contribution in [2.24, 2.45) is 11.8 Å². The molecule has 3 N–H and O–H groups in total. The molecule has 0 aromatic carbocycles. The molecule has 1 aromatic rings. The van der Waals surface area contributed by atoms with Crippen LogP contribution >= 0.6 is 11.8 Å². The molecule has 0 aliphatic heterocycles. The number of nitrogens with one attached hydrogen (secondary N) is 1. The van der Waals surface area contributed by atoms with Crippen LogP contribution in [0.1, 0.15) is 45.5 Å². The Hall–Kier alpha value is -0.720. The molecule has 0 spiro atoms. The quantitative estimate of drug-likeness (QED) is 0.567. The largest absolute Gasteiger partial charge is 0.493 e. The maximum atomic E-state index is 5.71. The lowest BCUT2D eigenvalue weighted by molar-refractivity contribution is 0.391. The first kappa shape index (κ1) is 16.3. The van der Waals surface area contributed by atoms with Crippen LogP contribution in [-0.4, -0.2) is 28.4 Å². The third-order valence-corrected chi connectivity index (χ3v) is 4.25. The molecule has 0 aliphatic rings. The summed E-state index contributed by atoms with van der Waals surface area (Å²) in [7, 11) is 1.67. The van der Waals surface area contributed by atoms with Crippen LogP contribution in [0.25, 0.3) is 0 Å². The van der Waals surface area contributed by atoms with Gasteiger partial charge < -0.3 is 4.74 Å². The summed E-state index contributed by atoms with van der Waals surface area (Å²) in [5, 5.41) is 4.39. The molecule has 1 rings (SSSR count). The van der Waals surface area contributed by atoms with Crippen LogP contribution in [0.5, 0.6) is 5.75 Å². The van der Waals surface area contributed by atoms with E-state index in [0.717, 1.165) is 22.9 Å². The second-order valence-electron chi connectivity index (χ2n) is 5.29. The highest BCUT2D eigenvalue weighted by molar-refractivity contribution is 7.99. The van der Waals surface area contributed by atoms with Gasteiger partial charge in [0.25, 0.3) is 0 Å². The van der Waals surface area contributed by atoms with Gasteiger partial charge in [-0.15, -0.1) is 0 Å². The van der Waals surface area contributed by atoms with Gasteiger partial charge in [0, 0.05) is 11.8 Å². The fourth-order valence-corrected chi connectivity index (χ4v) is 2.98. The van der Waals surface area contributed by atoms with E-state index >= 15 is 0 Å². The smallest absolute Gasteiger partial charge is 0.161 e. The first-order chi connectivity index (χ1) is 9.01. The number of nitrogens with two attached hydrogens (primary N) is 1. The first-order valence-corrected chi connectivity index (χ1v) is 7.82. The predicted octanol–water partition coefficient (Wildman–Crippen LogP) is 2.37. The van der Waals surface area contributed by atoms with Gasteiger partial charge in [0.15, 0.2) is 5.75 Å². The molecule has 1 heterocycles. The molecule has 0 bridgehead atoms. The molecule has 6 heteroatoms. The maximum absolute atomic E-state index is 5.71. The van der Waals surface area contributed by atoms with Crippen molar-refractivity contribution in [3.8, 4) is 5.75 Å². The molecule has 1 aromatic heterocycles. The number of aromatic nitrogens is 2. The topological polar surface area (TPSA) is 65.1 Å². The monoisotopic (exact) mass is 286 g/mol. The molecule has 0 saturated heterocycles. The summed E-state index contributed by atoms with van der Waals surface area (Å²) in [5.74, 6) is 9.22. The summed E-state index contributed by atoms with van der Waals surface area (Å²) in [5.41, 5.74) is 3.91. The Balaban J connectivity index is 2.86. The zero-order valence-electron chi connectivity index (χ0n) is 12.5. The van der Waals surface area contributed by atoms with Crippen LogP contribution in [0.3, 0.4) is 0 Å². The number of hydrogen-bond donors (Lipinski definition) is 2. The molecule has 1 atom stereocenters. The van der Waals surface area contributed by atoms with Gasteiger partial charge in [0.1, 0.15) is 0 Å². The van der Waals surface area contributed by atoms with Crippen LogP contribution in [0, 0.1) is 5.92 Å². The molecule has 110 valence electrons. The second-order valence-corrected chi connectivity index (χ2v) is 6.36. The number of ether oxygens (including phenoxy) is 1. The zero-order valence-corrected chi connectivity index (χ0v) is 13.3. The minimum absolute atomic E-state index is 0.0450. The van der Waals surface area contributed by atoms with Crippen molar-refractivity contribution >= 4 is 11.8 Å². The lowest BCUT2D eigenvalue weighted by Crippen LogP contribution is -2.32. The van der Waals surface area contributed by atoms with Gasteiger partial charge in [-0.3, -0.25) is 16.0 Å². The van der Waals surface area contributed by atoms with Crippen molar-refractivity contribution in [2.75, 3.05) is 18.6 Å². The normalized spacial score (nSPS) is 13.3. The van der Waals surface area contributed by atoms with Gasteiger partial charge in [-0.25, -0.2) is 0 Å². The number of methoxy groups -OCH3 is 1. The Bertz CT molecular complexity index is 379. The summed E-state index contributed by atoms with van der Waals surface area (Å²) in [4.78, 5) is 0. The fraction of sp³-hybridized carbons (Fsp3) is 0.769. The van der Waals surface area contributed by atoms with Crippen LogP contribution in [0.15, 0.2) is 6.20 Å². The number of thioether (sulfide) groups is 1. The first-order valence-electron chi connectivity index (χ1n) is 6.66. The Morgan fingerprint density at radius 2 is 2.05 bits per heavy atom. The van der Waals surface area contributed by atoms with E-state index in [1.807, 2.05) is 16.4 Å². The maximum Gasteiger partial charge on any atom is 0.161 e. The molecular formula is C13H26N4OS. The third kappa shape index (κ3) is 4.40. The average molecular weight is 286 g/mol. The highest BCUT2D eigenvalue weighted by Crippen LogP contribution is 2.29. The van der Waals surface area contributed by atoms with E-state index in [9.17, 15) is 0 Å². The van der Waals surface area contributed by atoms with E-state index in [1.165, 1.54) is 0 Å². The highest BCUT2D eigenvalue weighted by Gasteiger charge is 2.22. The average Bonchev–Trinajstić information content (AvgIpc) is 2.78. The molecule has 19 heavy (non-hydrogen) atoms. The van der Waals surface area contributed by atoms with Crippen molar-refractivity contribution < 1.29 is 4.74 Å². The summed E-state index contributed by atoms with van der Waals surface area (Å²) in [6, 6.07) is 0.327. The van der Waals surface area contributed by atoms with Crippen molar-refractivity contribution in [1.82, 2.24) is 15.2 Å². The van der Waals surface area contributed by atoms with Gasteiger partial charge in [-0.05, 0) is 25.5 Å². The third-order valence-electron chi connectivity index (χ3n) is 2.77. The van der Waals surface area contributed by atoms with Crippen LogP contribution in [-0.2, 0) is 0 Å². The van der Waals surface area contributed by atoms with E-state index in [-0.39, 0.29) is 12.1 Å². The Morgan fingerprint density at radius 3 is 2.53 bits per heavy atom. The summed E-state index contributed by atoms with van der Waals surface area (Å²) in [6.07, 6.45) is 1.76. The number of nitrogens with zero attached hydrogens (tertiary/aromatic N) is 2. The van der Waals surface area contributed by atoms with E-state index < -0.39 is 0 Å². The van der Waals surface area contributed by atoms with Crippen molar-refractivity contribution in [3.05, 3.63) is 11.9 Å². The van der Waals surface area contributed by atoms with Gasteiger partial charge in [0.2, 0.25) is 0 Å². The molecule has 0 saturated carbocycles. The van der Waals surface area contributed by atoms with Crippen LogP contribution in [0.4, 0.5) is 0 Å². The summed E-state index contributed by atoms with van der Waals surface area (Å²) >= 11 is 1.89. The number of hydrogen-bond acceptors (Lipinski definition) is 5. The predicted molar refractivity (Wildman–Crippen MR) is 81.4 cm³/mol. The molecular weight excluding hydrogens is 260 g/mol. The van der Waals surface area contributed by atoms with E-state index in [4.69, 9.17) is 10.6 Å². The second kappa shape index (κ2) is 7.77. The fourth-order valence-electron chi connectivity index (χ4n) is 1.88. The lowest BCUT2D eigenvalue weighted by Gasteiger charge is -2.20. The number of rotatable bonds is 8. The summed E-state index contributed by atoms with van der Waals surface area (Å²) < 4.78 is 7.37. The lowest BCUT2D eigenvalue weighted by atomic mass is 10.2. The van der Waals surface area contributed by atoms with E-state index in [0.29, 0.717) is 5.92 Å². The molecule has 0 aliphatic carbocycles. The number of hydrazine groups is 1. The Labute approximate surface area is 120 Å². The van der Waals surface area contributed by atoms with Crippen molar-refractivity contribution in [2.45, 2.75) is 39.8 Å². The van der Waals surface area contributed by atoms with Crippen molar-refractivity contribution in [3.63, 3.8) is 0 Å². The summed E-state index contributed by atoms with van der Waals surface area (Å²) in [6.45, 7) is 8.64. The highest BCUT2D eigenvalue weighted by atomic mass is 32.2. The molecule has 0 fully saturated rings. The molecule has 1 unspecified atom stereocenters. The SMILES string of the molecule is COc1cnn(C(C)C)c1C(CSCC(C)C)NN. The standard InChI is InChI=1S/C13H26N4OS/c1-9(2)7-19-8-11(16-14)13-12(18-5)6-15-17(13)10(3)4/h6,9-11,16H,7-8,14H2,1-5H3. The zero-order chi connectivity index (χ0) is 14.4. The molecule has 0 amide bonds. The minimum atomic E-state index is 0.0450. The van der Waals surface area contributed by atoms with Gasteiger partial charge >= 0.3 is 0 Å². The van der Waals surface area contributed by atoms with E-state index in [2.05, 4.69) is 38.2 Å².